The fourth-order valence-corrected chi connectivity index (χ4v) is 5.16. The summed E-state index contributed by atoms with van der Waals surface area (Å²) in [6.45, 7) is 7.60. The number of carboxylic acid groups (broad SMARTS) is 1. The van der Waals surface area contributed by atoms with Crippen LogP contribution in [0.25, 0.3) is 0 Å². The summed E-state index contributed by atoms with van der Waals surface area (Å²) in [5.41, 5.74) is 0. The monoisotopic (exact) mass is 464 g/mol. The maximum Gasteiger partial charge on any atom is 0.490 e. The van der Waals surface area contributed by atoms with Crippen LogP contribution in [0.3, 0.4) is 0 Å². The molecule has 4 heterocycles. The van der Waals surface area contributed by atoms with E-state index in [4.69, 9.17) is 19.5 Å². The molecule has 0 aromatic carbocycles. The number of carbonyl (C=O) groups is 2. The van der Waals surface area contributed by atoms with Crippen molar-refractivity contribution in [1.82, 2.24) is 9.96 Å². The van der Waals surface area contributed by atoms with Crippen molar-refractivity contribution in [2.45, 2.75) is 45.0 Å². The van der Waals surface area contributed by atoms with Gasteiger partial charge in [-0.2, -0.15) is 13.2 Å². The van der Waals surface area contributed by atoms with E-state index in [0.29, 0.717) is 24.9 Å². The van der Waals surface area contributed by atoms with E-state index in [1.807, 2.05) is 11.3 Å². The molecule has 174 valence electrons. The minimum absolute atomic E-state index is 0.0813. The smallest absolute Gasteiger partial charge is 0.475 e. The second-order valence-corrected chi connectivity index (χ2v) is 9.39. The highest BCUT2D eigenvalue weighted by atomic mass is 32.1. The van der Waals surface area contributed by atoms with Crippen LogP contribution in [-0.4, -0.2) is 72.1 Å². The molecular weight excluding hydrogens is 437 g/mol. The van der Waals surface area contributed by atoms with Gasteiger partial charge >= 0.3 is 12.1 Å². The molecule has 1 aromatic heterocycles. The first-order chi connectivity index (χ1) is 14.6. The van der Waals surface area contributed by atoms with Gasteiger partial charge in [0.05, 0.1) is 32.3 Å². The second-order valence-electron chi connectivity index (χ2n) is 8.02. The van der Waals surface area contributed by atoms with Crippen LogP contribution in [-0.2, 0) is 25.7 Å². The number of rotatable bonds is 4. The summed E-state index contributed by atoms with van der Waals surface area (Å²) in [6, 6.07) is 4.45. The third kappa shape index (κ3) is 6.64. The van der Waals surface area contributed by atoms with Gasteiger partial charge in [0.1, 0.15) is 0 Å². The Bertz CT molecular complexity index is 766. The van der Waals surface area contributed by atoms with Crippen LogP contribution in [0.1, 0.15) is 29.0 Å². The van der Waals surface area contributed by atoms with Crippen LogP contribution in [0.4, 0.5) is 13.2 Å². The van der Waals surface area contributed by atoms with Crippen LogP contribution in [0.5, 0.6) is 0 Å². The molecule has 3 atom stereocenters. The molecule has 1 N–H and O–H groups in total. The van der Waals surface area contributed by atoms with Gasteiger partial charge in [0.2, 0.25) is 5.91 Å². The standard InChI is InChI=1S/C18H26N2O3S.C2HF3O2/c1-13-3-4-15(24-13)11-19-7-5-16-14(10-19)12-22-17(16)9-18(21)20-6-2-8-23-20;3-2(4,5)1(6)7/h3-4,14,16-17H,2,5-12H2,1H3;(H,6,7)/t14-,16-,17-;/m1./s1. The van der Waals surface area contributed by atoms with E-state index >= 15 is 0 Å². The first kappa shape index (κ1) is 24.0. The Balaban J connectivity index is 0.000000339. The number of ether oxygens (including phenoxy) is 1. The molecule has 0 saturated carbocycles. The van der Waals surface area contributed by atoms with Gasteiger partial charge in [-0.3, -0.25) is 14.5 Å². The Kier molecular flexibility index (Phi) is 7.95. The predicted molar refractivity (Wildman–Crippen MR) is 106 cm³/mol. The molecule has 4 rings (SSSR count). The van der Waals surface area contributed by atoms with E-state index in [1.165, 1.54) is 14.8 Å². The fraction of sp³-hybridized carbons (Fsp3) is 0.700. The number of hydrogen-bond acceptors (Lipinski definition) is 6. The molecule has 3 aliphatic rings. The van der Waals surface area contributed by atoms with Crippen molar-refractivity contribution in [1.29, 1.82) is 0 Å². The van der Waals surface area contributed by atoms with Crippen LogP contribution < -0.4 is 0 Å². The lowest BCUT2D eigenvalue weighted by Gasteiger charge is -2.35. The van der Waals surface area contributed by atoms with Gasteiger partial charge in [-0.25, -0.2) is 9.86 Å². The molecule has 11 heteroatoms. The number of fused-ring (bicyclic) bond motifs is 1. The molecule has 7 nitrogen and oxygen atoms in total. The van der Waals surface area contributed by atoms with Gasteiger partial charge in [0, 0.05) is 28.8 Å². The minimum Gasteiger partial charge on any atom is -0.475 e. The molecule has 0 bridgehead atoms. The number of hydroxylamine groups is 2. The predicted octanol–water partition coefficient (Wildman–Crippen LogP) is 3.08. The largest absolute Gasteiger partial charge is 0.490 e. The lowest BCUT2D eigenvalue weighted by molar-refractivity contribution is -0.192. The Morgan fingerprint density at radius 1 is 1.29 bits per heavy atom. The highest BCUT2D eigenvalue weighted by Gasteiger charge is 2.42. The third-order valence-corrected chi connectivity index (χ3v) is 6.69. The Morgan fingerprint density at radius 3 is 2.61 bits per heavy atom. The molecular formula is C20H27F3N2O5S. The first-order valence-corrected chi connectivity index (χ1v) is 11.1. The molecule has 0 aliphatic carbocycles. The summed E-state index contributed by atoms with van der Waals surface area (Å²) in [5.74, 6) is -1.57. The SMILES string of the molecule is Cc1ccc(CN2CC[C@@H]3[C@@H](CO[C@@H]3CC(=O)N3CCCO3)C2)s1.O=C(O)C(F)(F)F. The Morgan fingerprint density at radius 2 is 2.03 bits per heavy atom. The van der Waals surface area contributed by atoms with E-state index < -0.39 is 12.1 Å². The lowest BCUT2D eigenvalue weighted by Crippen LogP contribution is -2.41. The zero-order valence-electron chi connectivity index (χ0n) is 17.3. The van der Waals surface area contributed by atoms with E-state index in [9.17, 15) is 18.0 Å². The molecule has 0 unspecified atom stereocenters. The van der Waals surface area contributed by atoms with Gasteiger partial charge in [0.25, 0.3) is 0 Å². The normalized spacial score (nSPS) is 26.3. The maximum atomic E-state index is 12.3. The molecule has 31 heavy (non-hydrogen) atoms. The summed E-state index contributed by atoms with van der Waals surface area (Å²) in [5, 5.41) is 8.66. The highest BCUT2D eigenvalue weighted by Crippen LogP contribution is 2.37. The molecule has 3 saturated heterocycles. The summed E-state index contributed by atoms with van der Waals surface area (Å²) in [4.78, 5) is 31.9. The summed E-state index contributed by atoms with van der Waals surface area (Å²) < 4.78 is 37.7. The van der Waals surface area contributed by atoms with Crippen molar-refractivity contribution < 1.29 is 37.4 Å². The van der Waals surface area contributed by atoms with E-state index in [0.717, 1.165) is 45.6 Å². The molecule has 0 radical (unpaired) electrons. The lowest BCUT2D eigenvalue weighted by atomic mass is 9.83. The number of carboxylic acids is 1. The highest BCUT2D eigenvalue weighted by molar-refractivity contribution is 7.11. The number of nitrogens with zero attached hydrogens (tertiary/aromatic N) is 2. The van der Waals surface area contributed by atoms with E-state index in [-0.39, 0.29) is 12.0 Å². The van der Waals surface area contributed by atoms with Crippen molar-refractivity contribution >= 4 is 23.2 Å². The van der Waals surface area contributed by atoms with E-state index in [2.05, 4.69) is 24.0 Å². The van der Waals surface area contributed by atoms with Crippen LogP contribution in [0.2, 0.25) is 0 Å². The zero-order chi connectivity index (χ0) is 22.6. The topological polar surface area (TPSA) is 79.3 Å². The van der Waals surface area contributed by atoms with Crippen LogP contribution >= 0.6 is 11.3 Å². The molecule has 0 spiro atoms. The van der Waals surface area contributed by atoms with Crippen molar-refractivity contribution in [2.75, 3.05) is 32.8 Å². The molecule has 1 aromatic rings. The molecule has 1 amide bonds. The van der Waals surface area contributed by atoms with Gasteiger partial charge < -0.3 is 9.84 Å². The number of halogens is 3. The zero-order valence-corrected chi connectivity index (χ0v) is 18.1. The molecule has 3 aliphatic heterocycles. The summed E-state index contributed by atoms with van der Waals surface area (Å²) in [6.07, 6.45) is -2.45. The second kappa shape index (κ2) is 10.3. The number of thiophene rings is 1. The fourth-order valence-electron chi connectivity index (χ4n) is 4.22. The first-order valence-electron chi connectivity index (χ1n) is 10.3. The average Bonchev–Trinajstić information content (AvgIpc) is 3.43. The van der Waals surface area contributed by atoms with Gasteiger partial charge in [-0.05, 0) is 44.4 Å². The number of hydrogen-bond donors (Lipinski definition) is 1. The summed E-state index contributed by atoms with van der Waals surface area (Å²) in [7, 11) is 0. The number of aryl methyl sites for hydroxylation is 1. The third-order valence-electron chi connectivity index (χ3n) is 5.70. The summed E-state index contributed by atoms with van der Waals surface area (Å²) >= 11 is 1.89. The maximum absolute atomic E-state index is 12.3. The Hall–Kier alpha value is -1.69. The Labute approximate surface area is 182 Å². The number of aliphatic carboxylic acids is 1. The van der Waals surface area contributed by atoms with Crippen molar-refractivity contribution in [2.24, 2.45) is 11.8 Å². The van der Waals surface area contributed by atoms with E-state index in [1.54, 1.807) is 0 Å². The quantitative estimate of drug-likeness (QED) is 0.738. The number of amides is 1. The average molecular weight is 465 g/mol. The van der Waals surface area contributed by atoms with Crippen molar-refractivity contribution in [3.63, 3.8) is 0 Å². The van der Waals surface area contributed by atoms with Gasteiger partial charge in [-0.1, -0.05) is 0 Å². The van der Waals surface area contributed by atoms with Gasteiger partial charge in [-0.15, -0.1) is 11.3 Å². The molecule has 3 fully saturated rings. The van der Waals surface area contributed by atoms with Crippen LogP contribution in [0, 0.1) is 18.8 Å². The van der Waals surface area contributed by atoms with Gasteiger partial charge in [0.15, 0.2) is 0 Å². The van der Waals surface area contributed by atoms with Crippen molar-refractivity contribution in [3.8, 4) is 0 Å². The number of carbonyl (C=O) groups excluding carboxylic acids is 1. The van der Waals surface area contributed by atoms with Crippen LogP contribution in [0.15, 0.2) is 12.1 Å². The number of piperidine rings is 1. The number of likely N-dealkylation sites (tertiary alicyclic amines) is 1. The number of alkyl halides is 3. The van der Waals surface area contributed by atoms with Crippen molar-refractivity contribution in [3.05, 3.63) is 21.9 Å². The minimum atomic E-state index is -5.08.